The molecule has 1 rings (SSSR count). The lowest BCUT2D eigenvalue weighted by Crippen LogP contribution is -2.39. The molecule has 0 radical (unpaired) electrons. The topological polar surface area (TPSA) is 59.3 Å². The number of nitrogens with zero attached hydrogens (tertiary/aromatic N) is 3. The first-order valence-corrected chi connectivity index (χ1v) is 6.05. The molecule has 5 nitrogen and oxygen atoms in total. The molecule has 0 bridgehead atoms. The smallest absolute Gasteiger partial charge is 0.276 e. The van der Waals surface area contributed by atoms with Gasteiger partial charge in [0.2, 0.25) is 0 Å². The summed E-state index contributed by atoms with van der Waals surface area (Å²) in [6, 6.07) is 2.86. The fourth-order valence-corrected chi connectivity index (χ4v) is 1.73. The molecule has 0 fully saturated rings. The van der Waals surface area contributed by atoms with Crippen LogP contribution in [0.4, 0.5) is 11.5 Å². The van der Waals surface area contributed by atoms with E-state index < -0.39 is 4.92 Å². The Balaban J connectivity index is 3.13. The highest BCUT2D eigenvalue weighted by atomic mass is 35.5. The molecular weight excluding hydrogens is 254 g/mol. The molecule has 1 aromatic heterocycles. The average molecular weight is 272 g/mol. The second kappa shape index (κ2) is 5.10. The van der Waals surface area contributed by atoms with Crippen LogP contribution in [-0.4, -0.2) is 23.0 Å². The molecule has 0 saturated carbocycles. The van der Waals surface area contributed by atoms with Crippen molar-refractivity contribution in [2.24, 2.45) is 5.41 Å². The minimum absolute atomic E-state index is 0.0352. The fraction of sp³-hybridized carbons (Fsp3) is 0.583. The van der Waals surface area contributed by atoms with Crippen LogP contribution in [0.3, 0.4) is 0 Å². The van der Waals surface area contributed by atoms with Crippen molar-refractivity contribution in [2.45, 2.75) is 33.7 Å². The molecule has 0 amide bonds. The molecule has 1 aromatic rings. The molecule has 0 aliphatic carbocycles. The summed E-state index contributed by atoms with van der Waals surface area (Å²) in [6.07, 6.45) is 0. The molecule has 100 valence electrons. The summed E-state index contributed by atoms with van der Waals surface area (Å²) < 4.78 is 0. The van der Waals surface area contributed by atoms with Gasteiger partial charge in [0.15, 0.2) is 0 Å². The summed E-state index contributed by atoms with van der Waals surface area (Å²) in [5.74, 6) is 0.511. The summed E-state index contributed by atoms with van der Waals surface area (Å²) in [7, 11) is 1.86. The van der Waals surface area contributed by atoms with Gasteiger partial charge in [-0.05, 0) is 12.3 Å². The predicted molar refractivity (Wildman–Crippen MR) is 73.2 cm³/mol. The van der Waals surface area contributed by atoms with Crippen molar-refractivity contribution < 1.29 is 4.92 Å². The molecule has 0 aromatic carbocycles. The van der Waals surface area contributed by atoms with Crippen LogP contribution in [0, 0.1) is 15.5 Å². The van der Waals surface area contributed by atoms with Crippen molar-refractivity contribution in [1.82, 2.24) is 4.98 Å². The third-order valence-corrected chi connectivity index (χ3v) is 3.37. The van der Waals surface area contributed by atoms with Crippen molar-refractivity contribution >= 4 is 23.1 Å². The highest BCUT2D eigenvalue weighted by molar-refractivity contribution is 6.29. The Hall–Kier alpha value is -1.36. The maximum atomic E-state index is 10.8. The number of pyridine rings is 1. The van der Waals surface area contributed by atoms with Crippen molar-refractivity contribution in [3.05, 3.63) is 27.4 Å². The molecule has 1 heterocycles. The molecule has 0 aliphatic heterocycles. The molecular formula is C12H18ClN3O2. The van der Waals surface area contributed by atoms with Crippen LogP contribution < -0.4 is 4.90 Å². The van der Waals surface area contributed by atoms with Gasteiger partial charge >= 0.3 is 0 Å². The molecule has 1 unspecified atom stereocenters. The van der Waals surface area contributed by atoms with Crippen molar-refractivity contribution in [1.29, 1.82) is 0 Å². The lowest BCUT2D eigenvalue weighted by atomic mass is 9.87. The molecule has 0 spiro atoms. The first kappa shape index (κ1) is 14.7. The van der Waals surface area contributed by atoms with Gasteiger partial charge in [-0.3, -0.25) is 10.1 Å². The van der Waals surface area contributed by atoms with Crippen LogP contribution in [0.2, 0.25) is 5.15 Å². The van der Waals surface area contributed by atoms with Gasteiger partial charge in [0.1, 0.15) is 11.0 Å². The Morgan fingerprint density at radius 3 is 2.44 bits per heavy atom. The fourth-order valence-electron chi connectivity index (χ4n) is 1.54. The van der Waals surface area contributed by atoms with E-state index in [4.69, 9.17) is 11.6 Å². The first-order valence-electron chi connectivity index (χ1n) is 5.67. The predicted octanol–water partition coefficient (Wildman–Crippen LogP) is 3.51. The lowest BCUT2D eigenvalue weighted by Gasteiger charge is -2.36. The van der Waals surface area contributed by atoms with E-state index in [1.165, 1.54) is 12.1 Å². The quantitative estimate of drug-likeness (QED) is 0.479. The molecule has 0 saturated heterocycles. The Morgan fingerprint density at radius 1 is 1.44 bits per heavy atom. The lowest BCUT2D eigenvalue weighted by molar-refractivity contribution is -0.384. The molecule has 18 heavy (non-hydrogen) atoms. The number of halogens is 1. The van der Waals surface area contributed by atoms with Crippen LogP contribution in [-0.2, 0) is 0 Å². The molecule has 0 aliphatic rings. The van der Waals surface area contributed by atoms with Crippen molar-refractivity contribution in [3.8, 4) is 0 Å². The Morgan fingerprint density at radius 2 is 2.00 bits per heavy atom. The number of anilines is 1. The minimum atomic E-state index is -0.466. The van der Waals surface area contributed by atoms with Gasteiger partial charge in [0.25, 0.3) is 5.69 Å². The second-order valence-corrected chi connectivity index (χ2v) is 5.80. The summed E-state index contributed by atoms with van der Waals surface area (Å²) in [5, 5.41) is 10.9. The van der Waals surface area contributed by atoms with E-state index in [1.807, 2.05) is 11.9 Å². The van der Waals surface area contributed by atoms with E-state index in [9.17, 15) is 10.1 Å². The summed E-state index contributed by atoms with van der Waals surface area (Å²) in [4.78, 5) is 16.4. The minimum Gasteiger partial charge on any atom is -0.356 e. The Bertz CT molecular complexity index is 457. The Labute approximate surface area is 112 Å². The zero-order valence-corrected chi connectivity index (χ0v) is 12.0. The average Bonchev–Trinajstić information content (AvgIpc) is 2.24. The van der Waals surface area contributed by atoms with E-state index in [0.29, 0.717) is 5.82 Å². The Kier molecular flexibility index (Phi) is 4.16. The number of aromatic nitrogens is 1. The highest BCUT2D eigenvalue weighted by Crippen LogP contribution is 2.29. The number of hydrogen-bond acceptors (Lipinski definition) is 4. The van der Waals surface area contributed by atoms with Crippen LogP contribution in [0.1, 0.15) is 27.7 Å². The number of hydrogen-bond donors (Lipinski definition) is 0. The van der Waals surface area contributed by atoms with E-state index in [-0.39, 0.29) is 22.3 Å². The summed E-state index contributed by atoms with van der Waals surface area (Å²) in [6.45, 7) is 8.36. The monoisotopic (exact) mass is 271 g/mol. The summed E-state index contributed by atoms with van der Waals surface area (Å²) in [5.41, 5.74) is -0.00831. The normalized spacial score (nSPS) is 13.2. The maximum absolute atomic E-state index is 10.8. The SMILES string of the molecule is CC(N(C)c1cc([N+](=O)[O-])cc(Cl)n1)C(C)(C)C. The van der Waals surface area contributed by atoms with E-state index in [0.717, 1.165) is 0 Å². The third-order valence-electron chi connectivity index (χ3n) is 3.17. The van der Waals surface area contributed by atoms with Crippen LogP contribution in [0.5, 0.6) is 0 Å². The van der Waals surface area contributed by atoms with Crippen LogP contribution in [0.15, 0.2) is 12.1 Å². The van der Waals surface area contributed by atoms with Crippen LogP contribution in [0.25, 0.3) is 0 Å². The third kappa shape index (κ3) is 3.32. The molecule has 1 atom stereocenters. The van der Waals surface area contributed by atoms with Gasteiger partial charge in [-0.2, -0.15) is 0 Å². The second-order valence-electron chi connectivity index (χ2n) is 5.42. The van der Waals surface area contributed by atoms with E-state index in [2.05, 4.69) is 32.7 Å². The van der Waals surface area contributed by atoms with Gasteiger partial charge in [-0.25, -0.2) is 4.98 Å². The highest BCUT2D eigenvalue weighted by Gasteiger charge is 2.26. The van der Waals surface area contributed by atoms with Crippen molar-refractivity contribution in [3.63, 3.8) is 0 Å². The number of rotatable bonds is 3. The summed E-state index contributed by atoms with van der Waals surface area (Å²) >= 11 is 5.81. The van der Waals surface area contributed by atoms with Gasteiger partial charge in [0, 0.05) is 13.1 Å². The van der Waals surface area contributed by atoms with Gasteiger partial charge in [-0.1, -0.05) is 32.4 Å². The van der Waals surface area contributed by atoms with E-state index >= 15 is 0 Å². The van der Waals surface area contributed by atoms with Gasteiger partial charge in [-0.15, -0.1) is 0 Å². The van der Waals surface area contributed by atoms with Crippen molar-refractivity contribution in [2.75, 3.05) is 11.9 Å². The van der Waals surface area contributed by atoms with Gasteiger partial charge < -0.3 is 4.90 Å². The maximum Gasteiger partial charge on any atom is 0.276 e. The number of nitro groups is 1. The first-order chi connectivity index (χ1) is 8.12. The van der Waals surface area contributed by atoms with E-state index in [1.54, 1.807) is 0 Å². The molecule has 6 heteroatoms. The largest absolute Gasteiger partial charge is 0.356 e. The standard InChI is InChI=1S/C12H18ClN3O2/c1-8(12(2,3)4)15(5)11-7-9(16(17)18)6-10(13)14-11/h6-8H,1-5H3. The van der Waals surface area contributed by atoms with Crippen LogP contribution >= 0.6 is 11.6 Å². The zero-order chi connectivity index (χ0) is 14.1. The zero-order valence-electron chi connectivity index (χ0n) is 11.3. The molecule has 0 N–H and O–H groups in total. The van der Waals surface area contributed by atoms with Gasteiger partial charge in [0.05, 0.1) is 17.1 Å².